The molecule has 1 aliphatic heterocycles. The highest BCUT2D eigenvalue weighted by molar-refractivity contribution is 5.87. The number of furan rings is 1. The van der Waals surface area contributed by atoms with Crippen molar-refractivity contribution in [2.75, 3.05) is 5.32 Å². The Kier molecular flexibility index (Phi) is 2.65. The lowest BCUT2D eigenvalue weighted by molar-refractivity contribution is 0.456. The van der Waals surface area contributed by atoms with Gasteiger partial charge in [-0.05, 0) is 61.4 Å². The quantitative estimate of drug-likeness (QED) is 0.544. The van der Waals surface area contributed by atoms with Crippen molar-refractivity contribution in [2.24, 2.45) is 0 Å². The van der Waals surface area contributed by atoms with Gasteiger partial charge in [0.25, 0.3) is 0 Å². The largest absolute Gasteiger partial charge is 0.465 e. The number of hydrogen-bond donors (Lipinski definition) is 1. The Hall–Kier alpha value is -3.01. The predicted octanol–water partition coefficient (Wildman–Crippen LogP) is 4.89. The van der Waals surface area contributed by atoms with Gasteiger partial charge in [-0.25, -0.2) is 4.98 Å². The van der Waals surface area contributed by atoms with Gasteiger partial charge in [0, 0.05) is 11.3 Å². The molecule has 0 saturated heterocycles. The molecule has 3 heterocycles. The van der Waals surface area contributed by atoms with Crippen LogP contribution in [0.1, 0.15) is 23.1 Å². The fourth-order valence-corrected chi connectivity index (χ4v) is 3.46. The average molecular weight is 315 g/mol. The maximum Gasteiger partial charge on any atom is 0.165 e. The van der Waals surface area contributed by atoms with Gasteiger partial charge in [0.15, 0.2) is 6.17 Å². The number of benzene rings is 2. The maximum absolute atomic E-state index is 5.71. The monoisotopic (exact) mass is 315 g/mol. The molecule has 4 heteroatoms. The zero-order chi connectivity index (χ0) is 16.3. The number of hydrogen-bond acceptors (Lipinski definition) is 3. The summed E-state index contributed by atoms with van der Waals surface area (Å²) >= 11 is 0. The van der Waals surface area contributed by atoms with E-state index in [1.165, 1.54) is 11.1 Å². The van der Waals surface area contributed by atoms with Gasteiger partial charge in [0.1, 0.15) is 11.6 Å². The van der Waals surface area contributed by atoms with Crippen LogP contribution in [0.3, 0.4) is 0 Å². The van der Waals surface area contributed by atoms with E-state index in [1.807, 2.05) is 24.3 Å². The van der Waals surface area contributed by atoms with E-state index in [-0.39, 0.29) is 6.17 Å². The second-order valence-corrected chi connectivity index (χ2v) is 6.34. The lowest BCUT2D eigenvalue weighted by Crippen LogP contribution is -2.24. The maximum atomic E-state index is 5.71. The number of anilines is 1. The first-order valence-electron chi connectivity index (χ1n) is 8.11. The van der Waals surface area contributed by atoms with Gasteiger partial charge in [0.05, 0.1) is 17.3 Å². The molecule has 2 aromatic carbocycles. The molecular weight excluding hydrogens is 298 g/mol. The molecule has 0 amide bonds. The van der Waals surface area contributed by atoms with Crippen LogP contribution in [-0.2, 0) is 0 Å². The fraction of sp³-hybridized carbons (Fsp3) is 0.150. The molecule has 118 valence electrons. The summed E-state index contributed by atoms with van der Waals surface area (Å²) in [4.78, 5) is 4.94. The van der Waals surface area contributed by atoms with E-state index < -0.39 is 0 Å². The van der Waals surface area contributed by atoms with Gasteiger partial charge in [-0.15, -0.1) is 0 Å². The fourth-order valence-electron chi connectivity index (χ4n) is 3.46. The zero-order valence-electron chi connectivity index (χ0n) is 13.6. The normalized spacial score (nSPS) is 15.8. The Labute approximate surface area is 139 Å². The van der Waals surface area contributed by atoms with Crippen molar-refractivity contribution in [1.82, 2.24) is 9.55 Å². The Morgan fingerprint density at radius 1 is 1.04 bits per heavy atom. The molecule has 0 saturated carbocycles. The summed E-state index contributed by atoms with van der Waals surface area (Å²) in [5.74, 6) is 1.86. The first-order chi connectivity index (χ1) is 11.7. The zero-order valence-corrected chi connectivity index (χ0v) is 13.6. The van der Waals surface area contributed by atoms with Crippen LogP contribution in [0.15, 0.2) is 59.2 Å². The Morgan fingerprint density at radius 2 is 1.88 bits per heavy atom. The molecular formula is C20H17N3O. The van der Waals surface area contributed by atoms with Crippen LogP contribution in [0.2, 0.25) is 0 Å². The van der Waals surface area contributed by atoms with Crippen molar-refractivity contribution in [2.45, 2.75) is 20.0 Å². The lowest BCUT2D eigenvalue weighted by atomic mass is 10.1. The lowest BCUT2D eigenvalue weighted by Gasteiger charge is -2.28. The predicted molar refractivity (Wildman–Crippen MR) is 95.1 cm³/mol. The highest BCUT2D eigenvalue weighted by Gasteiger charge is 2.29. The van der Waals surface area contributed by atoms with Crippen molar-refractivity contribution < 1.29 is 4.42 Å². The Morgan fingerprint density at radius 3 is 2.71 bits per heavy atom. The highest BCUT2D eigenvalue weighted by Crippen LogP contribution is 2.40. The second kappa shape index (κ2) is 4.74. The molecule has 4 nitrogen and oxygen atoms in total. The average Bonchev–Trinajstić information content (AvgIpc) is 3.23. The highest BCUT2D eigenvalue weighted by atomic mass is 16.3. The Bertz CT molecular complexity index is 1060. The Balaban J connectivity index is 1.87. The minimum atomic E-state index is -0.1000. The summed E-state index contributed by atoms with van der Waals surface area (Å²) in [7, 11) is 0. The molecule has 4 aromatic rings. The molecule has 2 aromatic heterocycles. The molecule has 0 spiro atoms. The summed E-state index contributed by atoms with van der Waals surface area (Å²) in [6.07, 6.45) is 1.61. The van der Waals surface area contributed by atoms with Gasteiger partial charge >= 0.3 is 0 Å². The molecule has 5 rings (SSSR count). The van der Waals surface area contributed by atoms with E-state index in [2.05, 4.69) is 48.0 Å². The van der Waals surface area contributed by atoms with Crippen molar-refractivity contribution in [3.05, 3.63) is 71.7 Å². The van der Waals surface area contributed by atoms with Gasteiger partial charge in [-0.1, -0.05) is 12.1 Å². The third-order valence-corrected chi connectivity index (χ3v) is 4.84. The van der Waals surface area contributed by atoms with E-state index in [4.69, 9.17) is 9.40 Å². The number of aryl methyl sites for hydroxylation is 2. The first kappa shape index (κ1) is 13.4. The van der Waals surface area contributed by atoms with Crippen molar-refractivity contribution in [3.63, 3.8) is 0 Å². The van der Waals surface area contributed by atoms with E-state index in [9.17, 15) is 0 Å². The summed E-state index contributed by atoms with van der Waals surface area (Å²) in [5, 5.41) is 3.60. The summed E-state index contributed by atoms with van der Waals surface area (Å²) in [5.41, 5.74) is 6.86. The number of fused-ring (bicyclic) bond motifs is 5. The van der Waals surface area contributed by atoms with Crippen LogP contribution in [-0.4, -0.2) is 9.55 Å². The second-order valence-electron chi connectivity index (χ2n) is 6.34. The van der Waals surface area contributed by atoms with Crippen LogP contribution >= 0.6 is 0 Å². The number of rotatable bonds is 1. The van der Waals surface area contributed by atoms with Crippen LogP contribution in [0, 0.1) is 13.8 Å². The minimum absolute atomic E-state index is 0.1000. The van der Waals surface area contributed by atoms with E-state index >= 15 is 0 Å². The molecule has 24 heavy (non-hydrogen) atoms. The van der Waals surface area contributed by atoms with Gasteiger partial charge in [-0.2, -0.15) is 0 Å². The van der Waals surface area contributed by atoms with Crippen molar-refractivity contribution in [1.29, 1.82) is 0 Å². The van der Waals surface area contributed by atoms with Gasteiger partial charge < -0.3 is 9.73 Å². The molecule has 0 bridgehead atoms. The molecule has 0 fully saturated rings. The standard InChI is InChI=1S/C20H17N3O/c1-12-10-16-17(11-13(12)2)23-19(22-16)14-6-3-4-7-15(14)21-20(23)18-8-5-9-24-18/h3-11,20-21H,1-2H3. The number of imidazole rings is 1. The molecule has 0 radical (unpaired) electrons. The molecule has 1 unspecified atom stereocenters. The van der Waals surface area contributed by atoms with E-state index in [0.717, 1.165) is 33.9 Å². The molecule has 1 atom stereocenters. The number of nitrogens with one attached hydrogen (secondary N) is 1. The third-order valence-electron chi connectivity index (χ3n) is 4.84. The smallest absolute Gasteiger partial charge is 0.165 e. The topological polar surface area (TPSA) is 43.0 Å². The first-order valence-corrected chi connectivity index (χ1v) is 8.11. The summed E-state index contributed by atoms with van der Waals surface area (Å²) < 4.78 is 7.95. The van der Waals surface area contributed by atoms with E-state index in [1.54, 1.807) is 6.26 Å². The number of para-hydroxylation sites is 1. The number of nitrogens with zero attached hydrogens (tertiary/aromatic N) is 2. The summed E-state index contributed by atoms with van der Waals surface area (Å²) in [6, 6.07) is 16.6. The van der Waals surface area contributed by atoms with Crippen molar-refractivity contribution >= 4 is 16.7 Å². The van der Waals surface area contributed by atoms with Crippen LogP contribution in [0.25, 0.3) is 22.4 Å². The third kappa shape index (κ3) is 1.77. The van der Waals surface area contributed by atoms with E-state index in [0.29, 0.717) is 0 Å². The van der Waals surface area contributed by atoms with Gasteiger partial charge in [0.2, 0.25) is 0 Å². The van der Waals surface area contributed by atoms with Crippen LogP contribution < -0.4 is 5.32 Å². The van der Waals surface area contributed by atoms with Gasteiger partial charge in [-0.3, -0.25) is 4.57 Å². The number of aromatic nitrogens is 2. The molecule has 0 aliphatic carbocycles. The van der Waals surface area contributed by atoms with Crippen LogP contribution in [0.5, 0.6) is 0 Å². The SMILES string of the molecule is Cc1cc2nc3n(c2cc1C)C(c1ccco1)Nc1ccccc1-3. The molecule has 1 N–H and O–H groups in total. The molecule has 1 aliphatic rings. The minimum Gasteiger partial charge on any atom is -0.465 e. The summed E-state index contributed by atoms with van der Waals surface area (Å²) in [6.45, 7) is 4.27. The van der Waals surface area contributed by atoms with Crippen LogP contribution in [0.4, 0.5) is 5.69 Å². The van der Waals surface area contributed by atoms with Crippen molar-refractivity contribution in [3.8, 4) is 11.4 Å².